The number of rotatable bonds is 4. The number of likely N-dealkylation sites (tertiary alicyclic amines) is 1. The predicted octanol–water partition coefficient (Wildman–Crippen LogP) is 1.89. The summed E-state index contributed by atoms with van der Waals surface area (Å²) < 4.78 is 4.02. The molecule has 0 bridgehead atoms. The van der Waals surface area contributed by atoms with E-state index in [1.165, 1.54) is 0 Å². The molecule has 22 heavy (non-hydrogen) atoms. The summed E-state index contributed by atoms with van der Waals surface area (Å²) >= 11 is 0. The van der Waals surface area contributed by atoms with Crippen molar-refractivity contribution in [2.24, 2.45) is 5.92 Å². The van der Waals surface area contributed by atoms with Gasteiger partial charge >= 0.3 is 0 Å². The van der Waals surface area contributed by atoms with Gasteiger partial charge in [-0.15, -0.1) is 0 Å². The molecule has 1 aliphatic heterocycles. The SMILES string of the molecule is Cc1nccn1[C@@H]1CCCN(C(=O)[C@H](C)Cn2cccn2)C1. The van der Waals surface area contributed by atoms with Crippen LogP contribution in [-0.2, 0) is 11.3 Å². The second kappa shape index (κ2) is 6.34. The lowest BCUT2D eigenvalue weighted by Gasteiger charge is -2.35. The summed E-state index contributed by atoms with van der Waals surface area (Å²) in [5, 5.41) is 4.18. The predicted molar refractivity (Wildman–Crippen MR) is 83.2 cm³/mol. The molecule has 6 heteroatoms. The van der Waals surface area contributed by atoms with Crippen LogP contribution >= 0.6 is 0 Å². The molecule has 0 saturated carbocycles. The van der Waals surface area contributed by atoms with Crippen LogP contribution in [0.4, 0.5) is 0 Å². The Bertz CT molecular complexity index is 618. The highest BCUT2D eigenvalue weighted by Gasteiger charge is 2.28. The first-order valence-electron chi connectivity index (χ1n) is 7.91. The maximum absolute atomic E-state index is 12.7. The van der Waals surface area contributed by atoms with E-state index in [1.807, 2.05) is 48.1 Å². The van der Waals surface area contributed by atoms with Crippen LogP contribution in [0.2, 0.25) is 0 Å². The molecule has 3 rings (SSSR count). The summed E-state index contributed by atoms with van der Waals surface area (Å²) in [6, 6.07) is 2.23. The van der Waals surface area contributed by atoms with Gasteiger partial charge < -0.3 is 9.47 Å². The maximum atomic E-state index is 12.7. The summed E-state index contributed by atoms with van der Waals surface area (Å²) in [6.45, 7) is 6.26. The molecule has 118 valence electrons. The molecule has 1 saturated heterocycles. The van der Waals surface area contributed by atoms with Crippen molar-refractivity contribution in [1.29, 1.82) is 0 Å². The number of nitrogens with zero attached hydrogens (tertiary/aromatic N) is 5. The third-order valence-corrected chi connectivity index (χ3v) is 4.41. The summed E-state index contributed by atoms with van der Waals surface area (Å²) in [6.07, 6.45) is 9.64. The molecule has 0 N–H and O–H groups in total. The normalized spacial score (nSPS) is 20.1. The van der Waals surface area contributed by atoms with E-state index < -0.39 is 0 Å². The molecule has 0 aromatic carbocycles. The van der Waals surface area contributed by atoms with Crippen LogP contribution in [0.5, 0.6) is 0 Å². The number of aryl methyl sites for hydroxylation is 1. The Labute approximate surface area is 130 Å². The second-order valence-corrected chi connectivity index (χ2v) is 6.09. The molecule has 2 atom stereocenters. The van der Waals surface area contributed by atoms with E-state index in [2.05, 4.69) is 14.6 Å². The fourth-order valence-electron chi connectivity index (χ4n) is 3.23. The van der Waals surface area contributed by atoms with Gasteiger partial charge in [0.05, 0.1) is 18.5 Å². The van der Waals surface area contributed by atoms with Crippen LogP contribution in [0.15, 0.2) is 30.9 Å². The summed E-state index contributed by atoms with van der Waals surface area (Å²) in [5.41, 5.74) is 0. The molecule has 0 spiro atoms. The number of carbonyl (C=O) groups excluding carboxylic acids is 1. The minimum atomic E-state index is -0.0532. The van der Waals surface area contributed by atoms with Crippen LogP contribution in [0, 0.1) is 12.8 Å². The third-order valence-electron chi connectivity index (χ3n) is 4.41. The monoisotopic (exact) mass is 301 g/mol. The van der Waals surface area contributed by atoms with Crippen LogP contribution in [0.25, 0.3) is 0 Å². The fraction of sp³-hybridized carbons (Fsp3) is 0.562. The smallest absolute Gasteiger partial charge is 0.227 e. The molecule has 3 heterocycles. The van der Waals surface area contributed by atoms with Crippen molar-refractivity contribution in [2.75, 3.05) is 13.1 Å². The largest absolute Gasteiger partial charge is 0.340 e. The van der Waals surface area contributed by atoms with Crippen molar-refractivity contribution < 1.29 is 4.79 Å². The highest BCUT2D eigenvalue weighted by atomic mass is 16.2. The summed E-state index contributed by atoms with van der Waals surface area (Å²) in [4.78, 5) is 19.0. The average molecular weight is 301 g/mol. The molecular weight excluding hydrogens is 278 g/mol. The van der Waals surface area contributed by atoms with E-state index in [9.17, 15) is 4.79 Å². The van der Waals surface area contributed by atoms with Crippen molar-refractivity contribution in [2.45, 2.75) is 39.3 Å². The van der Waals surface area contributed by atoms with E-state index in [0.717, 1.165) is 31.8 Å². The lowest BCUT2D eigenvalue weighted by Crippen LogP contribution is -2.43. The van der Waals surface area contributed by atoms with Gasteiger partial charge in [0.25, 0.3) is 0 Å². The van der Waals surface area contributed by atoms with Crippen molar-refractivity contribution in [3.8, 4) is 0 Å². The quantitative estimate of drug-likeness (QED) is 0.866. The Hall–Kier alpha value is -2.11. The first kappa shape index (κ1) is 14.8. The van der Waals surface area contributed by atoms with E-state index in [0.29, 0.717) is 12.6 Å². The molecule has 1 fully saturated rings. The van der Waals surface area contributed by atoms with Crippen LogP contribution in [0.3, 0.4) is 0 Å². The Morgan fingerprint density at radius 1 is 1.41 bits per heavy atom. The highest BCUT2D eigenvalue weighted by molar-refractivity contribution is 5.78. The molecule has 2 aromatic rings. The third kappa shape index (κ3) is 3.05. The zero-order valence-corrected chi connectivity index (χ0v) is 13.2. The number of carbonyl (C=O) groups is 1. The molecule has 2 aromatic heterocycles. The van der Waals surface area contributed by atoms with Crippen LogP contribution < -0.4 is 0 Å². The van der Waals surface area contributed by atoms with Gasteiger partial charge in [-0.05, 0) is 25.8 Å². The van der Waals surface area contributed by atoms with E-state index in [-0.39, 0.29) is 11.8 Å². The number of imidazole rings is 1. The minimum absolute atomic E-state index is 0.0532. The lowest BCUT2D eigenvalue weighted by molar-refractivity contribution is -0.137. The number of hydrogen-bond acceptors (Lipinski definition) is 3. The first-order chi connectivity index (χ1) is 10.6. The Balaban J connectivity index is 1.64. The molecule has 1 amide bonds. The molecule has 0 unspecified atom stereocenters. The summed E-state index contributed by atoms with van der Waals surface area (Å²) in [5.74, 6) is 1.18. The Kier molecular flexibility index (Phi) is 4.27. The van der Waals surface area contributed by atoms with Gasteiger partial charge in [0.2, 0.25) is 5.91 Å². The van der Waals surface area contributed by atoms with Gasteiger partial charge in [0.1, 0.15) is 5.82 Å². The standard InChI is InChI=1S/C16H23N5O/c1-13(11-20-9-4-6-18-20)16(22)19-8-3-5-15(12-19)21-10-7-17-14(21)2/h4,6-7,9-10,13,15H,3,5,8,11-12H2,1-2H3/t13-,15-/m1/s1. The minimum Gasteiger partial charge on any atom is -0.340 e. The van der Waals surface area contributed by atoms with E-state index in [1.54, 1.807) is 6.20 Å². The number of hydrogen-bond donors (Lipinski definition) is 0. The van der Waals surface area contributed by atoms with Gasteiger partial charge in [-0.3, -0.25) is 9.48 Å². The average Bonchev–Trinajstić information content (AvgIpc) is 3.18. The lowest BCUT2D eigenvalue weighted by atomic mass is 10.0. The Morgan fingerprint density at radius 2 is 2.27 bits per heavy atom. The molecule has 0 aliphatic carbocycles. The number of piperidine rings is 1. The van der Waals surface area contributed by atoms with Gasteiger partial charge in [0, 0.05) is 37.9 Å². The highest BCUT2D eigenvalue weighted by Crippen LogP contribution is 2.24. The fourth-order valence-corrected chi connectivity index (χ4v) is 3.23. The van der Waals surface area contributed by atoms with Crippen molar-refractivity contribution in [1.82, 2.24) is 24.2 Å². The summed E-state index contributed by atoms with van der Waals surface area (Å²) in [7, 11) is 0. The maximum Gasteiger partial charge on any atom is 0.227 e. The van der Waals surface area contributed by atoms with E-state index >= 15 is 0 Å². The Morgan fingerprint density at radius 3 is 2.95 bits per heavy atom. The molecule has 6 nitrogen and oxygen atoms in total. The van der Waals surface area contributed by atoms with Crippen LogP contribution in [-0.4, -0.2) is 43.2 Å². The molecular formula is C16H23N5O. The molecule has 1 aliphatic rings. The zero-order chi connectivity index (χ0) is 15.5. The van der Waals surface area contributed by atoms with Gasteiger partial charge in [-0.25, -0.2) is 4.98 Å². The molecule has 0 radical (unpaired) electrons. The van der Waals surface area contributed by atoms with Gasteiger partial charge in [0.15, 0.2) is 0 Å². The topological polar surface area (TPSA) is 56.0 Å². The van der Waals surface area contributed by atoms with Gasteiger partial charge in [-0.1, -0.05) is 6.92 Å². The van der Waals surface area contributed by atoms with Crippen LogP contribution in [0.1, 0.15) is 31.6 Å². The van der Waals surface area contributed by atoms with Crippen molar-refractivity contribution in [3.63, 3.8) is 0 Å². The number of aromatic nitrogens is 4. The van der Waals surface area contributed by atoms with E-state index in [4.69, 9.17) is 0 Å². The second-order valence-electron chi connectivity index (χ2n) is 6.09. The van der Waals surface area contributed by atoms with Gasteiger partial charge in [-0.2, -0.15) is 5.10 Å². The number of amides is 1. The first-order valence-corrected chi connectivity index (χ1v) is 7.91. The van der Waals surface area contributed by atoms with Crippen molar-refractivity contribution >= 4 is 5.91 Å². The van der Waals surface area contributed by atoms with Crippen molar-refractivity contribution in [3.05, 3.63) is 36.7 Å². The zero-order valence-electron chi connectivity index (χ0n) is 13.2.